The second-order valence-electron chi connectivity index (χ2n) is 2.20. The van der Waals surface area contributed by atoms with Crippen molar-refractivity contribution in [3.8, 4) is 0 Å². The number of hydrogen-bond acceptors (Lipinski definition) is 5. The molecular weight excluding hydrogens is 188 g/mol. The maximum atomic E-state index is 10.5. The minimum Gasteiger partial charge on any atom is -0.481 e. The van der Waals surface area contributed by atoms with Crippen LogP contribution in [-0.4, -0.2) is 43.6 Å². The van der Waals surface area contributed by atoms with Crippen LogP contribution in [0.1, 0.15) is 6.42 Å². The van der Waals surface area contributed by atoms with E-state index in [1.807, 2.05) is 0 Å². The fourth-order valence-electron chi connectivity index (χ4n) is 0.571. The van der Waals surface area contributed by atoms with Crippen LogP contribution < -0.4 is 0 Å². The summed E-state index contributed by atoms with van der Waals surface area (Å²) in [7, 11) is -3.70. The first kappa shape index (κ1) is 11.3. The molecule has 0 saturated carbocycles. The van der Waals surface area contributed by atoms with E-state index in [9.17, 15) is 13.2 Å². The molecule has 0 aliphatic carbocycles. The van der Waals surface area contributed by atoms with E-state index in [4.69, 9.17) is 10.2 Å². The summed E-state index contributed by atoms with van der Waals surface area (Å²) in [6.45, 7) is -0.640. The van der Waals surface area contributed by atoms with Gasteiger partial charge in [-0.2, -0.15) is 8.42 Å². The Bertz CT molecular complexity index is 243. The second-order valence-corrected chi connectivity index (χ2v) is 3.80. The topological polar surface area (TPSA) is 101 Å². The highest BCUT2D eigenvalue weighted by Gasteiger charge is 2.17. The zero-order valence-electron chi connectivity index (χ0n) is 6.43. The molecule has 0 amide bonds. The molecule has 6 nitrogen and oxygen atoms in total. The van der Waals surface area contributed by atoms with Gasteiger partial charge in [-0.05, 0) is 0 Å². The van der Waals surface area contributed by atoms with Gasteiger partial charge in [0.1, 0.15) is 6.10 Å². The van der Waals surface area contributed by atoms with Crippen LogP contribution in [0.2, 0.25) is 0 Å². The molecule has 1 atom stereocenters. The van der Waals surface area contributed by atoms with Crippen molar-refractivity contribution < 1.29 is 27.6 Å². The number of aliphatic hydroxyl groups is 1. The molecule has 2 N–H and O–H groups in total. The van der Waals surface area contributed by atoms with Gasteiger partial charge in [-0.1, -0.05) is 0 Å². The van der Waals surface area contributed by atoms with Crippen molar-refractivity contribution in [2.24, 2.45) is 0 Å². The number of aliphatic carboxylic acids is 1. The van der Waals surface area contributed by atoms with Gasteiger partial charge >= 0.3 is 5.97 Å². The van der Waals surface area contributed by atoms with Crippen molar-refractivity contribution in [3.05, 3.63) is 0 Å². The Morgan fingerprint density at radius 3 is 2.33 bits per heavy atom. The summed E-state index contributed by atoms with van der Waals surface area (Å²) < 4.78 is 25.2. The number of hydrogen-bond donors (Lipinski definition) is 2. The van der Waals surface area contributed by atoms with Gasteiger partial charge < -0.3 is 10.2 Å². The molecule has 0 saturated heterocycles. The van der Waals surface area contributed by atoms with Gasteiger partial charge in [0.05, 0.1) is 19.3 Å². The molecule has 0 aromatic rings. The molecule has 0 heterocycles. The SMILES string of the molecule is CS(=O)(=O)O[C@H](CO)CC(=O)O. The third kappa shape index (κ3) is 6.08. The van der Waals surface area contributed by atoms with Crippen LogP contribution in [0.25, 0.3) is 0 Å². The van der Waals surface area contributed by atoms with Gasteiger partial charge in [0.2, 0.25) is 0 Å². The summed E-state index contributed by atoms with van der Waals surface area (Å²) >= 11 is 0. The summed E-state index contributed by atoms with van der Waals surface area (Å²) in [6, 6.07) is 0. The quantitative estimate of drug-likeness (QED) is 0.538. The van der Waals surface area contributed by atoms with Gasteiger partial charge in [-0.25, -0.2) is 0 Å². The van der Waals surface area contributed by atoms with Crippen molar-refractivity contribution in [2.45, 2.75) is 12.5 Å². The van der Waals surface area contributed by atoms with Crippen molar-refractivity contribution in [1.82, 2.24) is 0 Å². The first-order valence-electron chi connectivity index (χ1n) is 3.06. The minimum atomic E-state index is -3.70. The van der Waals surface area contributed by atoms with E-state index in [0.29, 0.717) is 0 Å². The van der Waals surface area contributed by atoms with E-state index in [0.717, 1.165) is 6.26 Å². The Labute approximate surface area is 69.9 Å². The fourth-order valence-corrected chi connectivity index (χ4v) is 1.19. The van der Waals surface area contributed by atoms with E-state index < -0.39 is 35.2 Å². The minimum absolute atomic E-state index is 0.538. The lowest BCUT2D eigenvalue weighted by Gasteiger charge is -2.09. The summed E-state index contributed by atoms with van der Waals surface area (Å²) in [6.07, 6.45) is -0.946. The molecule has 0 aliphatic heterocycles. The third-order valence-electron chi connectivity index (χ3n) is 0.917. The van der Waals surface area contributed by atoms with Crippen LogP contribution in [0, 0.1) is 0 Å². The number of rotatable bonds is 5. The van der Waals surface area contributed by atoms with Crippen molar-refractivity contribution in [1.29, 1.82) is 0 Å². The van der Waals surface area contributed by atoms with Gasteiger partial charge in [0.25, 0.3) is 10.1 Å². The fraction of sp³-hybridized carbons (Fsp3) is 0.800. The van der Waals surface area contributed by atoms with E-state index in [1.165, 1.54) is 0 Å². The highest BCUT2D eigenvalue weighted by Crippen LogP contribution is 2.01. The van der Waals surface area contributed by atoms with E-state index in [2.05, 4.69) is 4.18 Å². The Hall–Kier alpha value is -0.660. The number of carboxylic acid groups (broad SMARTS) is 1. The highest BCUT2D eigenvalue weighted by molar-refractivity contribution is 7.86. The molecule has 7 heteroatoms. The smallest absolute Gasteiger partial charge is 0.306 e. The van der Waals surface area contributed by atoms with Crippen molar-refractivity contribution >= 4 is 16.1 Å². The van der Waals surface area contributed by atoms with Gasteiger partial charge in [-0.3, -0.25) is 8.98 Å². The zero-order valence-corrected chi connectivity index (χ0v) is 7.24. The third-order valence-corrected chi connectivity index (χ3v) is 1.54. The molecule has 0 rings (SSSR count). The van der Waals surface area contributed by atoms with Crippen LogP contribution in [0.15, 0.2) is 0 Å². The molecule has 12 heavy (non-hydrogen) atoms. The molecule has 72 valence electrons. The van der Waals surface area contributed by atoms with Crippen LogP contribution in [0.4, 0.5) is 0 Å². The molecule has 0 aliphatic rings. The molecule has 0 bridgehead atoms. The van der Waals surface area contributed by atoms with Gasteiger partial charge in [0.15, 0.2) is 0 Å². The lowest BCUT2D eigenvalue weighted by molar-refractivity contribution is -0.139. The normalized spacial score (nSPS) is 14.2. The largest absolute Gasteiger partial charge is 0.481 e. The van der Waals surface area contributed by atoms with Crippen LogP contribution in [-0.2, 0) is 19.1 Å². The summed E-state index contributed by atoms with van der Waals surface area (Å²) in [5, 5.41) is 16.7. The molecule has 0 spiro atoms. The predicted molar refractivity (Wildman–Crippen MR) is 39.1 cm³/mol. The average Bonchev–Trinajstić information content (AvgIpc) is 1.82. The number of carboxylic acids is 1. The van der Waals surface area contributed by atoms with E-state index >= 15 is 0 Å². The lowest BCUT2D eigenvalue weighted by atomic mass is 10.3. The average molecular weight is 198 g/mol. The Morgan fingerprint density at radius 2 is 2.08 bits per heavy atom. The highest BCUT2D eigenvalue weighted by atomic mass is 32.2. The standard InChI is InChI=1S/C5H10O6S/c1-12(9,10)11-4(3-6)2-5(7)8/h4,6H,2-3H2,1H3,(H,7,8)/t4-/m0/s1. The zero-order chi connectivity index (χ0) is 9.78. The molecular formula is C5H10O6S. The van der Waals surface area contributed by atoms with Crippen LogP contribution in [0.3, 0.4) is 0 Å². The van der Waals surface area contributed by atoms with E-state index in [-0.39, 0.29) is 0 Å². The molecule has 0 radical (unpaired) electrons. The predicted octanol–water partition coefficient (Wildman–Crippen LogP) is -1.20. The first-order valence-corrected chi connectivity index (χ1v) is 4.87. The molecule has 0 aromatic heterocycles. The maximum absolute atomic E-state index is 10.5. The second kappa shape index (κ2) is 4.39. The number of carbonyl (C=O) groups is 1. The summed E-state index contributed by atoms with van der Waals surface area (Å²) in [4.78, 5) is 10.1. The van der Waals surface area contributed by atoms with Gasteiger partial charge in [-0.15, -0.1) is 0 Å². The lowest BCUT2D eigenvalue weighted by Crippen LogP contribution is -2.24. The van der Waals surface area contributed by atoms with Crippen LogP contribution in [0.5, 0.6) is 0 Å². The van der Waals surface area contributed by atoms with Crippen molar-refractivity contribution in [2.75, 3.05) is 12.9 Å². The van der Waals surface area contributed by atoms with E-state index in [1.54, 1.807) is 0 Å². The first-order chi connectivity index (χ1) is 5.35. The Kier molecular flexibility index (Phi) is 4.15. The molecule has 0 aromatic carbocycles. The monoisotopic (exact) mass is 198 g/mol. The van der Waals surface area contributed by atoms with Crippen LogP contribution >= 0.6 is 0 Å². The molecule has 0 unspecified atom stereocenters. The Balaban J connectivity index is 4.10. The maximum Gasteiger partial charge on any atom is 0.306 e. The summed E-state index contributed by atoms with van der Waals surface area (Å²) in [5.41, 5.74) is 0. The Morgan fingerprint density at radius 1 is 1.58 bits per heavy atom. The summed E-state index contributed by atoms with van der Waals surface area (Å²) in [5.74, 6) is -1.22. The van der Waals surface area contributed by atoms with Gasteiger partial charge in [0, 0.05) is 0 Å². The number of aliphatic hydroxyl groups excluding tert-OH is 1. The molecule has 0 fully saturated rings. The van der Waals surface area contributed by atoms with Crippen molar-refractivity contribution in [3.63, 3.8) is 0 Å².